The normalized spacial score (nSPS) is 12.6. The molecule has 1 atom stereocenters. The Morgan fingerprint density at radius 1 is 0.304 bits per heavy atom. The molecule has 6 heteroatoms. The van der Waals surface area contributed by atoms with E-state index in [1.807, 2.05) is 0 Å². The van der Waals surface area contributed by atoms with Gasteiger partial charge >= 0.3 is 17.9 Å². The minimum Gasteiger partial charge on any atom is -0.462 e. The largest absolute Gasteiger partial charge is 0.462 e. The molecule has 0 rings (SSSR count). The van der Waals surface area contributed by atoms with Crippen molar-refractivity contribution in [2.24, 2.45) is 0 Å². The average Bonchev–Trinajstić information content (AvgIpc) is 3.35. The third-order valence-corrected chi connectivity index (χ3v) is 12.7. The first-order valence-electron chi connectivity index (χ1n) is 29.4. The summed E-state index contributed by atoms with van der Waals surface area (Å²) in [7, 11) is 0. The fourth-order valence-electron chi connectivity index (χ4n) is 8.25. The third kappa shape index (κ3) is 55.6. The number of rotatable bonds is 53. The SMILES string of the molecule is CC/C=C\C/C=C\C/C=C\CCCCCCCC(=O)OC[C@H](COC(=O)CCCCCCCCC/C=C\CCCCCCCC)OC(=O)CCCCCCCCCCC/C=C\C/C=C\CCCCC. The highest BCUT2D eigenvalue weighted by Gasteiger charge is 2.19. The summed E-state index contributed by atoms with van der Waals surface area (Å²) >= 11 is 0. The zero-order valence-electron chi connectivity index (χ0n) is 45.6. The standard InChI is InChI=1S/C63H110O6/c1-4-7-10-13-16-19-22-25-28-30-31-33-36-39-42-45-48-51-54-57-63(66)69-60(58-67-61(64)55-52-49-46-43-40-37-34-27-24-21-18-15-12-9-6-3)59-68-62(65)56-53-50-47-44-41-38-35-32-29-26-23-20-17-14-11-8-5-2/h9,12,16,18-19,21,25-29,34,60H,4-8,10-11,13-15,17,20,22-24,30-33,35-59H2,1-3H3/b12-9-,19-16-,21-18-,28-25-,29-26-,34-27-/t60-/m1/s1. The Kier molecular flexibility index (Phi) is 54.8. The Balaban J connectivity index is 4.40. The lowest BCUT2D eigenvalue weighted by molar-refractivity contribution is -0.167. The Hall–Kier alpha value is -3.15. The summed E-state index contributed by atoms with van der Waals surface area (Å²) in [6.45, 7) is 6.50. The van der Waals surface area contributed by atoms with E-state index in [9.17, 15) is 14.4 Å². The van der Waals surface area contributed by atoms with Crippen LogP contribution in [-0.4, -0.2) is 37.2 Å². The minimum atomic E-state index is -0.787. The highest BCUT2D eigenvalue weighted by atomic mass is 16.6. The second kappa shape index (κ2) is 57.4. The second-order valence-corrected chi connectivity index (χ2v) is 19.5. The van der Waals surface area contributed by atoms with Gasteiger partial charge in [-0.1, -0.05) is 235 Å². The second-order valence-electron chi connectivity index (χ2n) is 19.5. The van der Waals surface area contributed by atoms with E-state index >= 15 is 0 Å². The van der Waals surface area contributed by atoms with Crippen molar-refractivity contribution in [2.45, 2.75) is 297 Å². The summed E-state index contributed by atoms with van der Waals surface area (Å²) in [6, 6.07) is 0. The fraction of sp³-hybridized carbons (Fsp3) is 0.762. The van der Waals surface area contributed by atoms with Gasteiger partial charge in [-0.2, -0.15) is 0 Å². The van der Waals surface area contributed by atoms with Crippen molar-refractivity contribution in [1.29, 1.82) is 0 Å². The monoisotopic (exact) mass is 963 g/mol. The van der Waals surface area contributed by atoms with Gasteiger partial charge in [0, 0.05) is 19.3 Å². The maximum atomic E-state index is 12.9. The molecule has 398 valence electrons. The van der Waals surface area contributed by atoms with Crippen molar-refractivity contribution in [3.63, 3.8) is 0 Å². The summed E-state index contributed by atoms with van der Waals surface area (Å²) in [5.74, 6) is -0.900. The molecule has 0 unspecified atom stereocenters. The molecule has 0 aromatic carbocycles. The quantitative estimate of drug-likeness (QED) is 0.0262. The van der Waals surface area contributed by atoms with Crippen molar-refractivity contribution in [3.8, 4) is 0 Å². The van der Waals surface area contributed by atoms with Crippen LogP contribution in [0.3, 0.4) is 0 Å². The molecule has 0 saturated carbocycles. The lowest BCUT2D eigenvalue weighted by Gasteiger charge is -2.18. The molecule has 0 aliphatic rings. The molecule has 0 radical (unpaired) electrons. The maximum Gasteiger partial charge on any atom is 0.306 e. The van der Waals surface area contributed by atoms with Gasteiger partial charge in [0.1, 0.15) is 13.2 Å². The van der Waals surface area contributed by atoms with E-state index in [2.05, 4.69) is 93.7 Å². The van der Waals surface area contributed by atoms with Crippen molar-refractivity contribution in [1.82, 2.24) is 0 Å². The van der Waals surface area contributed by atoms with E-state index < -0.39 is 6.10 Å². The van der Waals surface area contributed by atoms with E-state index in [4.69, 9.17) is 14.2 Å². The van der Waals surface area contributed by atoms with E-state index in [1.165, 1.54) is 148 Å². The molecule has 0 aliphatic heterocycles. The number of ether oxygens (including phenoxy) is 3. The van der Waals surface area contributed by atoms with Gasteiger partial charge in [0.05, 0.1) is 0 Å². The van der Waals surface area contributed by atoms with Gasteiger partial charge in [0.25, 0.3) is 0 Å². The molecule has 0 fully saturated rings. The smallest absolute Gasteiger partial charge is 0.306 e. The van der Waals surface area contributed by atoms with Gasteiger partial charge in [-0.05, 0) is 109 Å². The highest BCUT2D eigenvalue weighted by molar-refractivity contribution is 5.71. The maximum absolute atomic E-state index is 12.9. The van der Waals surface area contributed by atoms with E-state index in [0.29, 0.717) is 19.3 Å². The Morgan fingerprint density at radius 2 is 0.565 bits per heavy atom. The van der Waals surface area contributed by atoms with Crippen LogP contribution in [0.5, 0.6) is 0 Å². The van der Waals surface area contributed by atoms with Crippen LogP contribution in [0.25, 0.3) is 0 Å². The molecule has 0 aliphatic carbocycles. The predicted octanol–water partition coefficient (Wildman–Crippen LogP) is 19.8. The molecule has 0 saturated heterocycles. The lowest BCUT2D eigenvalue weighted by atomic mass is 10.1. The number of hydrogen-bond donors (Lipinski definition) is 0. The zero-order chi connectivity index (χ0) is 50.0. The fourth-order valence-corrected chi connectivity index (χ4v) is 8.25. The number of hydrogen-bond acceptors (Lipinski definition) is 6. The van der Waals surface area contributed by atoms with Crippen LogP contribution < -0.4 is 0 Å². The summed E-state index contributed by atoms with van der Waals surface area (Å²) < 4.78 is 16.9. The minimum absolute atomic E-state index is 0.0842. The van der Waals surface area contributed by atoms with Crippen LogP contribution in [0.4, 0.5) is 0 Å². The third-order valence-electron chi connectivity index (χ3n) is 12.7. The number of carbonyl (C=O) groups excluding carboxylic acids is 3. The van der Waals surface area contributed by atoms with Crippen LogP contribution >= 0.6 is 0 Å². The highest BCUT2D eigenvalue weighted by Crippen LogP contribution is 2.15. The number of unbranched alkanes of at least 4 members (excludes halogenated alkanes) is 30. The van der Waals surface area contributed by atoms with Gasteiger partial charge in [0.15, 0.2) is 6.10 Å². The first-order valence-corrected chi connectivity index (χ1v) is 29.4. The molecule has 69 heavy (non-hydrogen) atoms. The van der Waals surface area contributed by atoms with E-state index in [0.717, 1.165) is 103 Å². The van der Waals surface area contributed by atoms with Crippen molar-refractivity contribution in [2.75, 3.05) is 13.2 Å². The summed E-state index contributed by atoms with van der Waals surface area (Å²) in [5, 5.41) is 0. The van der Waals surface area contributed by atoms with Crippen LogP contribution in [0.2, 0.25) is 0 Å². The first kappa shape index (κ1) is 65.8. The zero-order valence-corrected chi connectivity index (χ0v) is 45.6. The molecule has 0 heterocycles. The van der Waals surface area contributed by atoms with Crippen LogP contribution in [-0.2, 0) is 28.6 Å². The molecule has 0 N–H and O–H groups in total. The van der Waals surface area contributed by atoms with E-state index in [1.54, 1.807) is 0 Å². The van der Waals surface area contributed by atoms with Gasteiger partial charge in [0.2, 0.25) is 0 Å². The van der Waals surface area contributed by atoms with Crippen LogP contribution in [0.1, 0.15) is 290 Å². The molecule has 0 spiro atoms. The topological polar surface area (TPSA) is 78.9 Å². The number of allylic oxidation sites excluding steroid dienone is 12. The molecule has 6 nitrogen and oxygen atoms in total. The molecular formula is C63H110O6. The number of esters is 3. The van der Waals surface area contributed by atoms with E-state index in [-0.39, 0.29) is 31.1 Å². The predicted molar refractivity (Wildman–Crippen MR) is 298 cm³/mol. The van der Waals surface area contributed by atoms with Gasteiger partial charge in [-0.3, -0.25) is 14.4 Å². The Bertz CT molecular complexity index is 1290. The molecule has 0 amide bonds. The molecule has 0 bridgehead atoms. The van der Waals surface area contributed by atoms with Crippen molar-refractivity contribution < 1.29 is 28.6 Å². The van der Waals surface area contributed by atoms with Crippen LogP contribution in [0, 0.1) is 0 Å². The van der Waals surface area contributed by atoms with Gasteiger partial charge in [-0.15, -0.1) is 0 Å². The first-order chi connectivity index (χ1) is 34.0. The molecular weight excluding hydrogens is 853 g/mol. The molecule has 0 aromatic rings. The lowest BCUT2D eigenvalue weighted by Crippen LogP contribution is -2.30. The van der Waals surface area contributed by atoms with Crippen LogP contribution in [0.15, 0.2) is 72.9 Å². The Morgan fingerprint density at radius 3 is 0.928 bits per heavy atom. The van der Waals surface area contributed by atoms with Crippen molar-refractivity contribution >= 4 is 17.9 Å². The van der Waals surface area contributed by atoms with Gasteiger partial charge in [-0.25, -0.2) is 0 Å². The van der Waals surface area contributed by atoms with Crippen molar-refractivity contribution in [3.05, 3.63) is 72.9 Å². The average molecular weight is 964 g/mol. The molecule has 0 aromatic heterocycles. The Labute approximate surface area is 427 Å². The van der Waals surface area contributed by atoms with Gasteiger partial charge < -0.3 is 14.2 Å². The summed E-state index contributed by atoms with van der Waals surface area (Å²) in [6.07, 6.45) is 73.2. The summed E-state index contributed by atoms with van der Waals surface area (Å²) in [5.41, 5.74) is 0. The summed E-state index contributed by atoms with van der Waals surface area (Å²) in [4.78, 5) is 38.2. The number of carbonyl (C=O) groups is 3.